The minimum absolute atomic E-state index is 0. The Hall–Kier alpha value is -1.21. The molecule has 2 heterocycles. The van der Waals surface area contributed by atoms with E-state index in [1.807, 2.05) is 0 Å². The number of aromatic nitrogens is 3. The molecule has 1 aliphatic heterocycles. The monoisotopic (exact) mass is 331 g/mol. The Balaban J connectivity index is 0.00000161. The molecule has 8 heteroatoms. The van der Waals surface area contributed by atoms with Crippen LogP contribution in [-0.2, 0) is 6.54 Å². The standard InChI is InChI=1S/C13H15ClFN5.ClH/c14-10-5-9(6-11(15)7-10)13-17-12(18-19-13)8-20-3-1-16-2-4-20;/h5-7,16H,1-4,8H2,(H,17,18,19);1H. The van der Waals surface area contributed by atoms with Crippen LogP contribution in [0.3, 0.4) is 0 Å². The summed E-state index contributed by atoms with van der Waals surface area (Å²) in [4.78, 5) is 5.41. The van der Waals surface area contributed by atoms with Crippen LogP contribution in [0.2, 0.25) is 5.02 Å². The van der Waals surface area contributed by atoms with E-state index in [-0.39, 0.29) is 18.2 Å². The topological polar surface area (TPSA) is 56.8 Å². The lowest BCUT2D eigenvalue weighted by molar-refractivity contribution is 0.228. The van der Waals surface area contributed by atoms with Gasteiger partial charge >= 0.3 is 0 Å². The van der Waals surface area contributed by atoms with Gasteiger partial charge in [-0.15, -0.1) is 22.6 Å². The zero-order chi connectivity index (χ0) is 13.9. The lowest BCUT2D eigenvalue weighted by atomic mass is 10.2. The molecule has 3 rings (SSSR count). The van der Waals surface area contributed by atoms with Gasteiger partial charge in [0.2, 0.25) is 0 Å². The van der Waals surface area contributed by atoms with Crippen molar-refractivity contribution in [3.8, 4) is 11.4 Å². The first-order chi connectivity index (χ1) is 9.70. The van der Waals surface area contributed by atoms with E-state index in [9.17, 15) is 4.39 Å². The second-order valence-electron chi connectivity index (χ2n) is 4.80. The highest BCUT2D eigenvalue weighted by Gasteiger charge is 2.13. The summed E-state index contributed by atoms with van der Waals surface area (Å²) in [7, 11) is 0. The maximum Gasteiger partial charge on any atom is 0.161 e. The highest BCUT2D eigenvalue weighted by molar-refractivity contribution is 6.30. The van der Waals surface area contributed by atoms with Crippen molar-refractivity contribution in [3.63, 3.8) is 0 Å². The van der Waals surface area contributed by atoms with E-state index in [2.05, 4.69) is 25.4 Å². The highest BCUT2D eigenvalue weighted by atomic mass is 35.5. The number of halogens is 3. The van der Waals surface area contributed by atoms with Gasteiger partial charge in [-0.1, -0.05) is 11.6 Å². The van der Waals surface area contributed by atoms with Crippen LogP contribution in [0, 0.1) is 5.82 Å². The third-order valence-electron chi connectivity index (χ3n) is 3.25. The maximum absolute atomic E-state index is 13.3. The molecule has 0 spiro atoms. The number of H-pyrrole nitrogens is 1. The molecular weight excluding hydrogens is 316 g/mol. The zero-order valence-electron chi connectivity index (χ0n) is 11.3. The molecule has 1 aromatic carbocycles. The van der Waals surface area contributed by atoms with Gasteiger partial charge in [-0.25, -0.2) is 4.39 Å². The number of nitrogens with one attached hydrogen (secondary N) is 2. The molecule has 0 radical (unpaired) electrons. The van der Waals surface area contributed by atoms with Gasteiger partial charge < -0.3 is 10.3 Å². The fourth-order valence-corrected chi connectivity index (χ4v) is 2.49. The van der Waals surface area contributed by atoms with Crippen LogP contribution in [-0.4, -0.2) is 46.3 Å². The summed E-state index contributed by atoms with van der Waals surface area (Å²) in [5.74, 6) is 0.936. The summed E-state index contributed by atoms with van der Waals surface area (Å²) >= 11 is 5.85. The van der Waals surface area contributed by atoms with Crippen LogP contribution in [0.4, 0.5) is 4.39 Å². The van der Waals surface area contributed by atoms with E-state index in [0.717, 1.165) is 38.5 Å². The van der Waals surface area contributed by atoms with Gasteiger partial charge in [0.1, 0.15) is 11.6 Å². The first kappa shape index (κ1) is 16.2. The average Bonchev–Trinajstić information content (AvgIpc) is 2.87. The summed E-state index contributed by atoms with van der Waals surface area (Å²) in [6.07, 6.45) is 0. The molecule has 1 aromatic heterocycles. The number of piperazine rings is 1. The summed E-state index contributed by atoms with van der Waals surface area (Å²) in [6.45, 7) is 4.67. The Kier molecular flexibility index (Phi) is 5.52. The molecule has 5 nitrogen and oxygen atoms in total. The molecule has 114 valence electrons. The molecule has 0 unspecified atom stereocenters. The fourth-order valence-electron chi connectivity index (χ4n) is 2.27. The van der Waals surface area contributed by atoms with Crippen molar-refractivity contribution in [2.75, 3.05) is 26.2 Å². The van der Waals surface area contributed by atoms with Gasteiger partial charge in [0, 0.05) is 36.8 Å². The van der Waals surface area contributed by atoms with Crippen molar-refractivity contribution in [2.24, 2.45) is 0 Å². The maximum atomic E-state index is 13.3. The van der Waals surface area contributed by atoms with E-state index in [1.165, 1.54) is 12.1 Å². The van der Waals surface area contributed by atoms with Gasteiger partial charge in [-0.05, 0) is 18.2 Å². The normalized spacial score (nSPS) is 15.7. The lowest BCUT2D eigenvalue weighted by Crippen LogP contribution is -2.43. The van der Waals surface area contributed by atoms with E-state index < -0.39 is 0 Å². The lowest BCUT2D eigenvalue weighted by Gasteiger charge is -2.25. The predicted octanol–water partition coefficient (Wildman–Crippen LogP) is 2.09. The number of hydrogen-bond donors (Lipinski definition) is 2. The summed E-state index contributed by atoms with van der Waals surface area (Å²) in [5.41, 5.74) is 0.606. The minimum atomic E-state index is -0.382. The number of nitrogens with zero attached hydrogens (tertiary/aromatic N) is 3. The summed E-state index contributed by atoms with van der Waals surface area (Å²) in [5, 5.41) is 11.8. The Morgan fingerprint density at radius 2 is 1.95 bits per heavy atom. The molecule has 0 bridgehead atoms. The van der Waals surface area contributed by atoms with Gasteiger partial charge in [0.25, 0.3) is 0 Å². The minimum Gasteiger partial charge on any atom is -0.324 e. The van der Waals surface area contributed by atoms with Crippen LogP contribution in [0.5, 0.6) is 0 Å². The summed E-state index contributed by atoms with van der Waals surface area (Å²) in [6, 6.07) is 4.32. The zero-order valence-corrected chi connectivity index (χ0v) is 12.8. The molecule has 1 fully saturated rings. The average molecular weight is 332 g/mol. The largest absolute Gasteiger partial charge is 0.324 e. The molecule has 0 atom stereocenters. The van der Waals surface area contributed by atoms with Crippen LogP contribution in [0.25, 0.3) is 11.4 Å². The quantitative estimate of drug-likeness (QED) is 0.904. The van der Waals surface area contributed by atoms with Gasteiger partial charge in [-0.2, -0.15) is 0 Å². The highest BCUT2D eigenvalue weighted by Crippen LogP contribution is 2.21. The van der Waals surface area contributed by atoms with Crippen LogP contribution >= 0.6 is 24.0 Å². The molecule has 21 heavy (non-hydrogen) atoms. The molecule has 1 aliphatic rings. The molecule has 0 amide bonds. The van der Waals surface area contributed by atoms with E-state index in [4.69, 9.17) is 11.6 Å². The fraction of sp³-hybridized carbons (Fsp3) is 0.385. The van der Waals surface area contributed by atoms with Crippen LogP contribution < -0.4 is 5.32 Å². The summed E-state index contributed by atoms with van der Waals surface area (Å²) < 4.78 is 13.3. The molecule has 0 saturated carbocycles. The Bertz CT molecular complexity index is 578. The second-order valence-corrected chi connectivity index (χ2v) is 5.24. The first-order valence-electron chi connectivity index (χ1n) is 6.52. The smallest absolute Gasteiger partial charge is 0.161 e. The van der Waals surface area contributed by atoms with Gasteiger partial charge in [0.05, 0.1) is 6.54 Å². The van der Waals surface area contributed by atoms with Crippen LogP contribution in [0.1, 0.15) is 5.82 Å². The van der Waals surface area contributed by atoms with Crippen molar-refractivity contribution < 1.29 is 4.39 Å². The molecular formula is C13H16Cl2FN5. The van der Waals surface area contributed by atoms with E-state index in [0.29, 0.717) is 16.4 Å². The molecule has 1 saturated heterocycles. The van der Waals surface area contributed by atoms with E-state index >= 15 is 0 Å². The number of hydrogen-bond acceptors (Lipinski definition) is 4. The first-order valence-corrected chi connectivity index (χ1v) is 6.89. The van der Waals surface area contributed by atoms with Crippen molar-refractivity contribution in [3.05, 3.63) is 34.9 Å². The van der Waals surface area contributed by atoms with E-state index in [1.54, 1.807) is 6.07 Å². The van der Waals surface area contributed by atoms with Crippen molar-refractivity contribution in [1.82, 2.24) is 25.4 Å². The SMILES string of the molecule is Cl.Fc1cc(Cl)cc(-c2nnc(CN3CCNCC3)[nH]2)c1. The molecule has 0 aliphatic carbocycles. The Labute approximate surface area is 133 Å². The number of benzene rings is 1. The van der Waals surface area contributed by atoms with Gasteiger partial charge in [0.15, 0.2) is 5.82 Å². The van der Waals surface area contributed by atoms with Crippen molar-refractivity contribution in [2.45, 2.75) is 6.54 Å². The van der Waals surface area contributed by atoms with Crippen LogP contribution in [0.15, 0.2) is 18.2 Å². The molecule has 2 N–H and O–H groups in total. The Morgan fingerprint density at radius 1 is 1.19 bits per heavy atom. The number of aromatic amines is 1. The Morgan fingerprint density at radius 3 is 2.67 bits per heavy atom. The van der Waals surface area contributed by atoms with Crippen molar-refractivity contribution >= 4 is 24.0 Å². The second kappa shape index (κ2) is 7.17. The molecule has 2 aromatic rings. The third kappa shape index (κ3) is 4.14. The van der Waals surface area contributed by atoms with Crippen molar-refractivity contribution in [1.29, 1.82) is 0 Å². The number of rotatable bonds is 3. The third-order valence-corrected chi connectivity index (χ3v) is 3.47. The van der Waals surface area contributed by atoms with Gasteiger partial charge in [-0.3, -0.25) is 4.90 Å². The predicted molar refractivity (Wildman–Crippen MR) is 82.2 cm³/mol.